The van der Waals surface area contributed by atoms with Crippen molar-refractivity contribution in [3.63, 3.8) is 0 Å². The van der Waals surface area contributed by atoms with E-state index in [1.165, 1.54) is 32.1 Å². The van der Waals surface area contributed by atoms with Gasteiger partial charge in [0.05, 0.1) is 6.04 Å². The van der Waals surface area contributed by atoms with Crippen LogP contribution >= 0.6 is 0 Å². The molecule has 0 radical (unpaired) electrons. The van der Waals surface area contributed by atoms with Gasteiger partial charge >= 0.3 is 0 Å². The highest BCUT2D eigenvalue weighted by atomic mass is 16.5. The van der Waals surface area contributed by atoms with Crippen molar-refractivity contribution in [3.8, 4) is 0 Å². The lowest BCUT2D eigenvalue weighted by molar-refractivity contribution is 0.250. The van der Waals surface area contributed by atoms with E-state index in [4.69, 9.17) is 10.3 Å². The molecule has 4 heteroatoms. The highest BCUT2D eigenvalue weighted by Gasteiger charge is 2.30. The first-order valence-electron chi connectivity index (χ1n) is 7.51. The quantitative estimate of drug-likeness (QED) is 0.902. The van der Waals surface area contributed by atoms with Crippen molar-refractivity contribution < 1.29 is 4.52 Å². The number of nitrogens with two attached hydrogens (primary N) is 1. The van der Waals surface area contributed by atoms with Crippen LogP contribution in [-0.4, -0.2) is 10.1 Å². The van der Waals surface area contributed by atoms with Gasteiger partial charge < -0.3 is 10.3 Å². The average Bonchev–Trinajstić information content (AvgIpc) is 2.86. The minimum atomic E-state index is -0.195. The monoisotopic (exact) mass is 265 g/mol. The Hall–Kier alpha value is -0.900. The van der Waals surface area contributed by atoms with Crippen molar-refractivity contribution in [1.29, 1.82) is 0 Å². The molecule has 1 aliphatic carbocycles. The van der Waals surface area contributed by atoms with Gasteiger partial charge in [0.2, 0.25) is 5.89 Å². The minimum Gasteiger partial charge on any atom is -0.338 e. The molecule has 1 aromatic rings. The Morgan fingerprint density at radius 3 is 2.74 bits per heavy atom. The molecule has 2 N–H and O–H groups in total. The lowest BCUT2D eigenvalue weighted by Crippen LogP contribution is -2.26. The molecule has 0 amide bonds. The molecular weight excluding hydrogens is 238 g/mol. The van der Waals surface area contributed by atoms with Gasteiger partial charge in [0.25, 0.3) is 0 Å². The van der Waals surface area contributed by atoms with Crippen LogP contribution in [0.15, 0.2) is 4.52 Å². The van der Waals surface area contributed by atoms with Gasteiger partial charge in [-0.1, -0.05) is 52.1 Å². The molecule has 1 saturated carbocycles. The number of rotatable bonds is 3. The van der Waals surface area contributed by atoms with Gasteiger partial charge in [-0.2, -0.15) is 4.98 Å². The van der Waals surface area contributed by atoms with E-state index in [0.717, 1.165) is 11.7 Å². The van der Waals surface area contributed by atoms with Gasteiger partial charge in [-0.05, 0) is 24.2 Å². The summed E-state index contributed by atoms with van der Waals surface area (Å²) >= 11 is 0. The molecule has 0 aliphatic heterocycles. The zero-order valence-corrected chi connectivity index (χ0v) is 12.6. The van der Waals surface area contributed by atoms with Crippen molar-refractivity contribution in [1.82, 2.24) is 10.1 Å². The highest BCUT2D eigenvalue weighted by molar-refractivity contribution is 5.02. The second kappa shape index (κ2) is 5.61. The van der Waals surface area contributed by atoms with Crippen LogP contribution in [0.4, 0.5) is 0 Å². The maximum Gasteiger partial charge on any atom is 0.244 e. The molecular formula is C15H27N3O. The van der Waals surface area contributed by atoms with Crippen LogP contribution in [0.3, 0.4) is 0 Å². The van der Waals surface area contributed by atoms with E-state index >= 15 is 0 Å². The van der Waals surface area contributed by atoms with Crippen molar-refractivity contribution in [2.24, 2.45) is 17.1 Å². The molecule has 0 aromatic carbocycles. The maximum atomic E-state index is 6.17. The fraction of sp³-hybridized carbons (Fsp3) is 0.867. The van der Waals surface area contributed by atoms with E-state index in [9.17, 15) is 0 Å². The molecule has 2 rings (SSSR count). The molecule has 108 valence electrons. The molecule has 1 aliphatic rings. The van der Waals surface area contributed by atoms with E-state index in [1.807, 2.05) is 0 Å². The molecule has 0 saturated heterocycles. The van der Waals surface area contributed by atoms with E-state index in [2.05, 4.69) is 37.8 Å². The fourth-order valence-electron chi connectivity index (χ4n) is 2.81. The van der Waals surface area contributed by atoms with Crippen LogP contribution in [0, 0.1) is 11.3 Å². The second-order valence-electron chi connectivity index (χ2n) is 6.97. The van der Waals surface area contributed by atoms with E-state index < -0.39 is 0 Å². The lowest BCUT2D eigenvalue weighted by atomic mass is 9.80. The molecule has 4 nitrogen and oxygen atoms in total. The third-order valence-electron chi connectivity index (χ3n) is 4.38. The number of hydrogen-bond acceptors (Lipinski definition) is 4. The van der Waals surface area contributed by atoms with Gasteiger partial charge in [0.15, 0.2) is 5.82 Å². The van der Waals surface area contributed by atoms with Crippen molar-refractivity contribution in [2.45, 2.75) is 71.8 Å². The number of hydrogen-bond donors (Lipinski definition) is 1. The third-order valence-corrected chi connectivity index (χ3v) is 4.38. The zero-order valence-electron chi connectivity index (χ0n) is 12.6. The second-order valence-corrected chi connectivity index (χ2v) is 6.97. The van der Waals surface area contributed by atoms with Gasteiger partial charge in [-0.3, -0.25) is 0 Å². The first-order valence-corrected chi connectivity index (χ1v) is 7.51. The summed E-state index contributed by atoms with van der Waals surface area (Å²) in [6, 6.07) is -0.195. The van der Waals surface area contributed by atoms with Crippen LogP contribution in [0.25, 0.3) is 0 Å². The Labute approximate surface area is 116 Å². The van der Waals surface area contributed by atoms with Gasteiger partial charge in [0, 0.05) is 5.92 Å². The molecule has 19 heavy (non-hydrogen) atoms. The summed E-state index contributed by atoms with van der Waals surface area (Å²) in [5.41, 5.74) is 6.12. The Kier molecular flexibility index (Phi) is 4.29. The first-order chi connectivity index (χ1) is 8.91. The first kappa shape index (κ1) is 14.5. The number of aromatic nitrogens is 2. The van der Waals surface area contributed by atoms with Crippen LogP contribution in [0.5, 0.6) is 0 Å². The summed E-state index contributed by atoms with van der Waals surface area (Å²) in [6.07, 6.45) is 6.25. The topological polar surface area (TPSA) is 64.9 Å². The molecule has 1 heterocycles. The normalized spacial score (nSPS) is 26.4. The predicted molar refractivity (Wildman–Crippen MR) is 75.7 cm³/mol. The van der Waals surface area contributed by atoms with Gasteiger partial charge in [-0.25, -0.2) is 0 Å². The standard InChI is InChI=1S/C15H27N3O/c1-5-10-7-6-8-11(9-10)13-17-14(19-18-13)12(16)15(2,3)4/h10-12H,5-9,16H2,1-4H3/t10?,11?,12-/m1/s1. The van der Waals surface area contributed by atoms with Crippen molar-refractivity contribution >= 4 is 0 Å². The Balaban J connectivity index is 2.08. The van der Waals surface area contributed by atoms with E-state index in [1.54, 1.807) is 0 Å². The minimum absolute atomic E-state index is 0.0533. The highest BCUT2D eigenvalue weighted by Crippen LogP contribution is 2.37. The third kappa shape index (κ3) is 3.35. The van der Waals surface area contributed by atoms with Gasteiger partial charge in [-0.15, -0.1) is 0 Å². The summed E-state index contributed by atoms with van der Waals surface area (Å²) in [5, 5.41) is 4.18. The van der Waals surface area contributed by atoms with Crippen LogP contribution in [0.2, 0.25) is 0 Å². The van der Waals surface area contributed by atoms with Crippen LogP contribution < -0.4 is 5.73 Å². The molecule has 1 aromatic heterocycles. The molecule has 2 unspecified atom stereocenters. The summed E-state index contributed by atoms with van der Waals surface area (Å²) in [7, 11) is 0. The summed E-state index contributed by atoms with van der Waals surface area (Å²) in [5.74, 6) is 2.73. The molecule has 0 spiro atoms. The Bertz CT molecular complexity index is 408. The van der Waals surface area contributed by atoms with Crippen LogP contribution in [0.1, 0.15) is 83.5 Å². The molecule has 1 fully saturated rings. The predicted octanol–water partition coefficient (Wildman–Crippen LogP) is 3.80. The summed E-state index contributed by atoms with van der Waals surface area (Å²) in [4.78, 5) is 4.57. The summed E-state index contributed by atoms with van der Waals surface area (Å²) in [6.45, 7) is 8.55. The van der Waals surface area contributed by atoms with E-state index in [-0.39, 0.29) is 11.5 Å². The van der Waals surface area contributed by atoms with Crippen LogP contribution in [-0.2, 0) is 0 Å². The Morgan fingerprint density at radius 1 is 1.37 bits per heavy atom. The number of nitrogens with zero attached hydrogens (tertiary/aromatic N) is 2. The smallest absolute Gasteiger partial charge is 0.244 e. The van der Waals surface area contributed by atoms with Gasteiger partial charge in [0.1, 0.15) is 0 Å². The SMILES string of the molecule is CCC1CCCC(c2noc([C@@H](N)C(C)(C)C)n2)C1. The average molecular weight is 265 g/mol. The van der Waals surface area contributed by atoms with Crippen molar-refractivity contribution in [3.05, 3.63) is 11.7 Å². The Morgan fingerprint density at radius 2 is 2.11 bits per heavy atom. The molecule has 3 atom stereocenters. The largest absolute Gasteiger partial charge is 0.338 e. The lowest BCUT2D eigenvalue weighted by Gasteiger charge is -2.26. The van der Waals surface area contributed by atoms with Crippen molar-refractivity contribution in [2.75, 3.05) is 0 Å². The molecule has 0 bridgehead atoms. The fourth-order valence-corrected chi connectivity index (χ4v) is 2.81. The van der Waals surface area contributed by atoms with E-state index in [0.29, 0.717) is 11.8 Å². The maximum absolute atomic E-state index is 6.17. The zero-order chi connectivity index (χ0) is 14.0. The summed E-state index contributed by atoms with van der Waals surface area (Å²) < 4.78 is 5.39.